The van der Waals surface area contributed by atoms with Crippen LogP contribution in [0.5, 0.6) is 0 Å². The fourth-order valence-corrected chi connectivity index (χ4v) is 3.74. The SMILES string of the molecule is CN1CCCC[C@H]2C(C)(C)C(=O)C(C#N)=C[C@@]21C. The van der Waals surface area contributed by atoms with Gasteiger partial charge < -0.3 is 0 Å². The molecule has 2 rings (SSSR count). The zero-order valence-corrected chi connectivity index (χ0v) is 11.8. The van der Waals surface area contributed by atoms with Crippen LogP contribution in [0.3, 0.4) is 0 Å². The lowest BCUT2D eigenvalue weighted by Gasteiger charge is -2.50. The molecule has 1 saturated heterocycles. The van der Waals surface area contributed by atoms with E-state index in [0.29, 0.717) is 11.5 Å². The van der Waals surface area contributed by atoms with Crippen molar-refractivity contribution >= 4 is 5.78 Å². The Morgan fingerprint density at radius 3 is 2.67 bits per heavy atom. The highest BCUT2D eigenvalue weighted by Crippen LogP contribution is 2.49. The van der Waals surface area contributed by atoms with E-state index in [0.717, 1.165) is 19.4 Å². The molecule has 0 aromatic heterocycles. The number of likely N-dealkylation sites (tertiary alicyclic amines) is 1. The molecule has 2 aliphatic rings. The summed E-state index contributed by atoms with van der Waals surface area (Å²) < 4.78 is 0. The van der Waals surface area contributed by atoms with Crippen molar-refractivity contribution in [3.8, 4) is 6.07 Å². The third-order valence-electron chi connectivity index (χ3n) is 5.02. The molecular weight excluding hydrogens is 224 g/mol. The molecule has 1 heterocycles. The molecule has 3 nitrogen and oxygen atoms in total. The predicted octanol–water partition coefficient (Wildman–Crippen LogP) is 2.54. The van der Waals surface area contributed by atoms with Crippen molar-refractivity contribution in [2.75, 3.05) is 13.6 Å². The van der Waals surface area contributed by atoms with Crippen LogP contribution in [0, 0.1) is 22.7 Å². The molecule has 1 fully saturated rings. The van der Waals surface area contributed by atoms with Gasteiger partial charge in [0.15, 0.2) is 5.78 Å². The summed E-state index contributed by atoms with van der Waals surface area (Å²) in [7, 11) is 2.11. The lowest BCUT2D eigenvalue weighted by molar-refractivity contribution is -0.130. The van der Waals surface area contributed by atoms with Gasteiger partial charge in [0.25, 0.3) is 0 Å². The van der Waals surface area contributed by atoms with Gasteiger partial charge in [0.05, 0.1) is 5.57 Å². The Kier molecular flexibility index (Phi) is 3.11. The van der Waals surface area contributed by atoms with Crippen LogP contribution in [0.25, 0.3) is 0 Å². The van der Waals surface area contributed by atoms with Crippen LogP contribution in [0.15, 0.2) is 11.6 Å². The minimum absolute atomic E-state index is 0.0165. The molecule has 0 radical (unpaired) electrons. The number of nitrogens with zero attached hydrogens (tertiary/aromatic N) is 2. The lowest BCUT2D eigenvalue weighted by Crippen LogP contribution is -2.57. The molecule has 0 aromatic carbocycles. The molecule has 98 valence electrons. The number of likely N-dealkylation sites (N-methyl/N-ethyl adjacent to an activating group) is 1. The minimum atomic E-state index is -0.437. The number of rotatable bonds is 0. The summed E-state index contributed by atoms with van der Waals surface area (Å²) in [5.41, 5.74) is -0.265. The number of carbonyl (C=O) groups is 1. The first-order valence-corrected chi connectivity index (χ1v) is 6.73. The molecule has 0 bridgehead atoms. The van der Waals surface area contributed by atoms with E-state index in [4.69, 9.17) is 0 Å². The standard InChI is InChI=1S/C15H22N2O/c1-14(2)12-7-5-6-8-17(4)15(12,3)9-11(10-16)13(14)18/h9,12H,5-8H2,1-4H3/t12-,15-/m0/s1. The van der Waals surface area contributed by atoms with Crippen molar-refractivity contribution in [2.45, 2.75) is 45.6 Å². The Morgan fingerprint density at radius 1 is 1.39 bits per heavy atom. The molecule has 0 amide bonds. The first-order chi connectivity index (χ1) is 8.34. The van der Waals surface area contributed by atoms with Crippen LogP contribution in [0.1, 0.15) is 40.0 Å². The number of allylic oxidation sites excluding steroid dienone is 1. The van der Waals surface area contributed by atoms with Gasteiger partial charge in [-0.25, -0.2) is 0 Å². The molecule has 0 N–H and O–H groups in total. The van der Waals surface area contributed by atoms with Gasteiger partial charge in [-0.2, -0.15) is 5.26 Å². The molecule has 0 aromatic rings. The largest absolute Gasteiger partial charge is 0.297 e. The van der Waals surface area contributed by atoms with Gasteiger partial charge in [0.2, 0.25) is 0 Å². The van der Waals surface area contributed by atoms with Crippen molar-refractivity contribution in [2.24, 2.45) is 11.3 Å². The number of Topliss-reactive ketones (excluding diaryl/α,β-unsaturated/α-hetero) is 1. The number of fused-ring (bicyclic) bond motifs is 1. The van der Waals surface area contributed by atoms with Crippen LogP contribution in [-0.2, 0) is 4.79 Å². The average molecular weight is 246 g/mol. The van der Waals surface area contributed by atoms with Crippen molar-refractivity contribution < 1.29 is 4.79 Å². The van der Waals surface area contributed by atoms with E-state index in [2.05, 4.69) is 24.9 Å². The van der Waals surface area contributed by atoms with Crippen LogP contribution >= 0.6 is 0 Å². The molecule has 0 unspecified atom stereocenters. The van der Waals surface area contributed by atoms with Gasteiger partial charge in [0.1, 0.15) is 6.07 Å². The van der Waals surface area contributed by atoms with Crippen molar-refractivity contribution in [3.63, 3.8) is 0 Å². The quantitative estimate of drug-likeness (QED) is 0.659. The van der Waals surface area contributed by atoms with Crippen LogP contribution < -0.4 is 0 Å². The fourth-order valence-electron chi connectivity index (χ4n) is 3.74. The summed E-state index contributed by atoms with van der Waals surface area (Å²) in [6.45, 7) is 7.21. The summed E-state index contributed by atoms with van der Waals surface area (Å²) >= 11 is 0. The molecule has 0 spiro atoms. The maximum atomic E-state index is 12.4. The zero-order chi connectivity index (χ0) is 13.6. The van der Waals surface area contributed by atoms with E-state index in [1.807, 2.05) is 19.9 Å². The smallest absolute Gasteiger partial charge is 0.179 e. The van der Waals surface area contributed by atoms with E-state index >= 15 is 0 Å². The second-order valence-corrected chi connectivity index (χ2v) is 6.42. The first-order valence-electron chi connectivity index (χ1n) is 6.73. The Balaban J connectivity index is 2.59. The predicted molar refractivity (Wildman–Crippen MR) is 70.9 cm³/mol. The highest BCUT2D eigenvalue weighted by molar-refractivity contribution is 6.04. The normalized spacial score (nSPS) is 36.3. The average Bonchev–Trinajstić information content (AvgIpc) is 2.46. The Hall–Kier alpha value is -1.14. The van der Waals surface area contributed by atoms with E-state index < -0.39 is 5.41 Å². The minimum Gasteiger partial charge on any atom is -0.297 e. The molecular formula is C15H22N2O. The Morgan fingerprint density at radius 2 is 2.06 bits per heavy atom. The molecule has 1 aliphatic heterocycles. The lowest BCUT2D eigenvalue weighted by atomic mass is 9.59. The van der Waals surface area contributed by atoms with Crippen LogP contribution in [0.4, 0.5) is 0 Å². The molecule has 18 heavy (non-hydrogen) atoms. The second kappa shape index (κ2) is 4.20. The second-order valence-electron chi connectivity index (χ2n) is 6.42. The highest BCUT2D eigenvalue weighted by Gasteiger charge is 2.53. The monoisotopic (exact) mass is 246 g/mol. The highest BCUT2D eigenvalue weighted by atomic mass is 16.1. The van der Waals surface area contributed by atoms with Crippen LogP contribution in [0.2, 0.25) is 0 Å². The van der Waals surface area contributed by atoms with Crippen molar-refractivity contribution in [1.82, 2.24) is 4.90 Å². The summed E-state index contributed by atoms with van der Waals surface area (Å²) in [5, 5.41) is 9.20. The van der Waals surface area contributed by atoms with E-state index in [1.165, 1.54) is 6.42 Å². The Labute approximate surface area is 109 Å². The van der Waals surface area contributed by atoms with Crippen LogP contribution in [-0.4, -0.2) is 29.8 Å². The number of hydrogen-bond donors (Lipinski definition) is 0. The summed E-state index contributed by atoms with van der Waals surface area (Å²) in [5.74, 6) is 0.310. The first kappa shape index (κ1) is 13.3. The van der Waals surface area contributed by atoms with Gasteiger partial charge in [-0.05, 0) is 45.4 Å². The molecule has 2 atom stereocenters. The fraction of sp³-hybridized carbons (Fsp3) is 0.733. The van der Waals surface area contributed by atoms with Gasteiger partial charge >= 0.3 is 0 Å². The number of ketones is 1. The van der Waals surface area contributed by atoms with E-state index in [-0.39, 0.29) is 11.3 Å². The maximum absolute atomic E-state index is 12.4. The zero-order valence-electron chi connectivity index (χ0n) is 11.8. The third-order valence-corrected chi connectivity index (χ3v) is 5.02. The Bertz CT molecular complexity index is 444. The third kappa shape index (κ3) is 1.71. The number of hydrogen-bond acceptors (Lipinski definition) is 3. The van der Waals surface area contributed by atoms with Gasteiger partial charge in [-0.1, -0.05) is 20.3 Å². The van der Waals surface area contributed by atoms with E-state index in [9.17, 15) is 10.1 Å². The molecule has 0 saturated carbocycles. The van der Waals surface area contributed by atoms with E-state index in [1.54, 1.807) is 0 Å². The van der Waals surface area contributed by atoms with Gasteiger partial charge in [0, 0.05) is 11.0 Å². The van der Waals surface area contributed by atoms with Gasteiger partial charge in [-0.3, -0.25) is 9.69 Å². The summed E-state index contributed by atoms with van der Waals surface area (Å²) in [6.07, 6.45) is 5.31. The van der Waals surface area contributed by atoms with Crippen molar-refractivity contribution in [3.05, 3.63) is 11.6 Å². The molecule has 3 heteroatoms. The van der Waals surface area contributed by atoms with Crippen molar-refractivity contribution in [1.29, 1.82) is 5.26 Å². The van der Waals surface area contributed by atoms with Gasteiger partial charge in [-0.15, -0.1) is 0 Å². The summed E-state index contributed by atoms with van der Waals surface area (Å²) in [4.78, 5) is 14.7. The molecule has 1 aliphatic carbocycles. The topological polar surface area (TPSA) is 44.1 Å². The summed E-state index contributed by atoms with van der Waals surface area (Å²) in [6, 6.07) is 2.09. The maximum Gasteiger partial charge on any atom is 0.179 e. The number of nitriles is 1. The number of carbonyl (C=O) groups excluding carboxylic acids is 1.